The number of nitrogens with two attached hydrogens (primary N) is 1. The van der Waals surface area contributed by atoms with E-state index in [4.69, 9.17) is 22.4 Å². The molecule has 5 N–H and O–H groups in total. The highest BCUT2D eigenvalue weighted by atomic mass is 35.5. The number of aromatic nitrogens is 3. The van der Waals surface area contributed by atoms with Crippen molar-refractivity contribution >= 4 is 34.7 Å². The summed E-state index contributed by atoms with van der Waals surface area (Å²) < 4.78 is 0. The lowest BCUT2D eigenvalue weighted by molar-refractivity contribution is 0.229. The normalized spacial score (nSPS) is 19.5. The van der Waals surface area contributed by atoms with Crippen LogP contribution in [-0.2, 0) is 6.61 Å². The van der Waals surface area contributed by atoms with Crippen molar-refractivity contribution in [3.05, 3.63) is 26.8 Å². The highest BCUT2D eigenvalue weighted by Gasteiger charge is 2.25. The molecule has 0 saturated heterocycles. The predicted octanol–water partition coefficient (Wildman–Crippen LogP) is 1.63. The Morgan fingerprint density at radius 3 is 2.84 bits per heavy atom. The summed E-state index contributed by atoms with van der Waals surface area (Å²) in [6.45, 7) is 0.125. The van der Waals surface area contributed by atoms with E-state index in [0.717, 1.165) is 24.1 Å². The van der Waals surface area contributed by atoms with Crippen LogP contribution >= 0.6 is 22.9 Å². The second-order valence-corrected chi connectivity index (χ2v) is 7.31. The summed E-state index contributed by atoms with van der Waals surface area (Å²) in [5.41, 5.74) is 6.17. The van der Waals surface area contributed by atoms with Crippen LogP contribution < -0.4 is 11.1 Å². The molecule has 2 aromatic rings. The van der Waals surface area contributed by atoms with Crippen molar-refractivity contribution in [3.8, 4) is 11.8 Å². The first-order chi connectivity index (χ1) is 12.1. The maximum absolute atomic E-state index is 9.28. The number of aliphatic hydroxyl groups is 2. The fourth-order valence-corrected chi connectivity index (χ4v) is 3.63. The molecular formula is C16H18ClN5O2S. The molecule has 0 unspecified atom stereocenters. The summed E-state index contributed by atoms with van der Waals surface area (Å²) in [4.78, 5) is 13.1. The zero-order valence-corrected chi connectivity index (χ0v) is 14.9. The Bertz CT molecular complexity index is 817. The molecule has 3 rings (SSSR count). The van der Waals surface area contributed by atoms with E-state index in [0.29, 0.717) is 22.3 Å². The first kappa shape index (κ1) is 17.9. The predicted molar refractivity (Wildman–Crippen MR) is 97.3 cm³/mol. The highest BCUT2D eigenvalue weighted by Crippen LogP contribution is 2.29. The number of halogens is 1. The Labute approximate surface area is 154 Å². The van der Waals surface area contributed by atoms with Crippen LogP contribution in [0.25, 0.3) is 0 Å². The molecule has 2 heterocycles. The molecule has 25 heavy (non-hydrogen) atoms. The van der Waals surface area contributed by atoms with Crippen LogP contribution in [0.15, 0.2) is 6.20 Å². The molecule has 0 spiro atoms. The Morgan fingerprint density at radius 2 is 2.16 bits per heavy atom. The molecule has 0 bridgehead atoms. The zero-order chi connectivity index (χ0) is 17.8. The third kappa shape index (κ3) is 4.38. The van der Waals surface area contributed by atoms with Crippen molar-refractivity contribution < 1.29 is 10.2 Å². The number of nitrogen functional groups attached to an aromatic ring is 1. The van der Waals surface area contributed by atoms with E-state index in [1.165, 1.54) is 11.3 Å². The van der Waals surface area contributed by atoms with Crippen molar-refractivity contribution in [1.82, 2.24) is 15.0 Å². The minimum absolute atomic E-state index is 0.0639. The Kier molecular flexibility index (Phi) is 5.71. The number of aliphatic hydroxyl groups excluding tert-OH is 2. The SMILES string of the molecule is Nc1nc(Cl)c(C#Cc2ncc(CO)s2)c(N[C@H]2CC[C@@H](CO)C2)n1. The van der Waals surface area contributed by atoms with Gasteiger partial charge in [-0.1, -0.05) is 17.5 Å². The van der Waals surface area contributed by atoms with Crippen LogP contribution in [0.2, 0.25) is 5.15 Å². The van der Waals surface area contributed by atoms with Gasteiger partial charge in [0.25, 0.3) is 0 Å². The summed E-state index contributed by atoms with van der Waals surface area (Å²) in [5, 5.41) is 22.5. The second-order valence-electron chi connectivity index (χ2n) is 5.84. The minimum Gasteiger partial charge on any atom is -0.396 e. The maximum atomic E-state index is 9.28. The van der Waals surface area contributed by atoms with Gasteiger partial charge in [-0.05, 0) is 31.1 Å². The summed E-state index contributed by atoms with van der Waals surface area (Å²) in [6, 6.07) is 0.184. The van der Waals surface area contributed by atoms with Crippen LogP contribution in [0.1, 0.15) is 34.7 Å². The van der Waals surface area contributed by atoms with Gasteiger partial charge in [0.1, 0.15) is 11.4 Å². The van der Waals surface area contributed by atoms with E-state index in [9.17, 15) is 5.11 Å². The van der Waals surface area contributed by atoms with E-state index in [1.54, 1.807) is 6.20 Å². The van der Waals surface area contributed by atoms with Gasteiger partial charge in [-0.25, -0.2) is 4.98 Å². The fraction of sp³-hybridized carbons (Fsp3) is 0.438. The molecule has 7 nitrogen and oxygen atoms in total. The lowest BCUT2D eigenvalue weighted by Gasteiger charge is -2.15. The molecule has 2 atom stereocenters. The van der Waals surface area contributed by atoms with Crippen molar-refractivity contribution in [1.29, 1.82) is 0 Å². The average Bonchev–Trinajstić information content (AvgIpc) is 3.22. The van der Waals surface area contributed by atoms with Crippen molar-refractivity contribution in [3.63, 3.8) is 0 Å². The van der Waals surface area contributed by atoms with Crippen molar-refractivity contribution in [2.45, 2.75) is 31.9 Å². The molecule has 132 valence electrons. The summed E-state index contributed by atoms with van der Waals surface area (Å²) in [7, 11) is 0. The van der Waals surface area contributed by atoms with Gasteiger partial charge in [-0.2, -0.15) is 9.97 Å². The van der Waals surface area contributed by atoms with E-state index in [2.05, 4.69) is 32.1 Å². The van der Waals surface area contributed by atoms with Crippen LogP contribution in [0, 0.1) is 17.8 Å². The number of thiazole rings is 1. The van der Waals surface area contributed by atoms with Crippen LogP contribution in [-0.4, -0.2) is 37.8 Å². The lowest BCUT2D eigenvalue weighted by Crippen LogP contribution is -2.19. The van der Waals surface area contributed by atoms with Crippen LogP contribution in [0.3, 0.4) is 0 Å². The fourth-order valence-electron chi connectivity index (χ4n) is 2.78. The van der Waals surface area contributed by atoms with E-state index in [1.807, 2.05) is 0 Å². The second kappa shape index (κ2) is 7.97. The Balaban J connectivity index is 1.85. The van der Waals surface area contributed by atoms with E-state index >= 15 is 0 Å². The molecule has 2 aromatic heterocycles. The average molecular weight is 380 g/mol. The van der Waals surface area contributed by atoms with Crippen LogP contribution in [0.4, 0.5) is 11.8 Å². The maximum Gasteiger partial charge on any atom is 0.223 e. The first-order valence-corrected chi connectivity index (χ1v) is 9.06. The monoisotopic (exact) mass is 379 g/mol. The molecule has 0 aliphatic heterocycles. The Morgan fingerprint density at radius 1 is 1.32 bits per heavy atom. The molecule has 1 saturated carbocycles. The van der Waals surface area contributed by atoms with Gasteiger partial charge < -0.3 is 21.3 Å². The van der Waals surface area contributed by atoms with Crippen molar-refractivity contribution in [2.24, 2.45) is 5.92 Å². The van der Waals surface area contributed by atoms with Gasteiger partial charge in [0.2, 0.25) is 5.95 Å². The topological polar surface area (TPSA) is 117 Å². The van der Waals surface area contributed by atoms with Crippen molar-refractivity contribution in [2.75, 3.05) is 17.7 Å². The van der Waals surface area contributed by atoms with Gasteiger partial charge in [-0.3, -0.25) is 0 Å². The third-order valence-electron chi connectivity index (χ3n) is 4.03. The smallest absolute Gasteiger partial charge is 0.223 e. The largest absolute Gasteiger partial charge is 0.396 e. The van der Waals surface area contributed by atoms with Crippen LogP contribution in [0.5, 0.6) is 0 Å². The molecule has 9 heteroatoms. The van der Waals surface area contributed by atoms with Gasteiger partial charge >= 0.3 is 0 Å². The molecule has 0 amide bonds. The Hall–Kier alpha value is -1.92. The molecular weight excluding hydrogens is 362 g/mol. The number of hydrogen-bond acceptors (Lipinski definition) is 8. The van der Waals surface area contributed by atoms with E-state index in [-0.39, 0.29) is 30.4 Å². The molecule has 1 fully saturated rings. The number of hydrogen-bond donors (Lipinski definition) is 4. The van der Waals surface area contributed by atoms with Gasteiger partial charge in [0.15, 0.2) is 10.2 Å². The summed E-state index contributed by atoms with van der Waals surface area (Å²) >= 11 is 7.52. The molecule has 0 aromatic carbocycles. The van der Waals surface area contributed by atoms with Gasteiger partial charge in [-0.15, -0.1) is 11.3 Å². The third-order valence-corrected chi connectivity index (χ3v) is 5.20. The molecule has 1 aliphatic carbocycles. The zero-order valence-electron chi connectivity index (χ0n) is 13.4. The quantitative estimate of drug-likeness (QED) is 0.471. The standard InChI is InChI=1S/C16H18ClN5O2S/c17-14-12(3-4-13-19-6-11(8-24)25-13)15(22-16(18)21-14)20-10-2-1-9(5-10)7-23/h6,9-10,23-24H,1-2,5,7-8H2,(H3,18,20,21,22)/t9-,10+/m1/s1. The summed E-state index contributed by atoms with van der Waals surface area (Å²) in [5.74, 6) is 6.74. The number of rotatable bonds is 4. The number of nitrogens with one attached hydrogen (secondary N) is 1. The first-order valence-electron chi connectivity index (χ1n) is 7.87. The van der Waals surface area contributed by atoms with Gasteiger partial charge in [0.05, 0.1) is 11.5 Å². The van der Waals surface area contributed by atoms with Gasteiger partial charge in [0, 0.05) is 18.8 Å². The lowest BCUT2D eigenvalue weighted by atomic mass is 10.1. The number of nitrogens with zero attached hydrogens (tertiary/aromatic N) is 3. The summed E-state index contributed by atoms with van der Waals surface area (Å²) in [6.07, 6.45) is 4.35. The molecule has 0 radical (unpaired) electrons. The van der Waals surface area contributed by atoms with E-state index < -0.39 is 0 Å². The highest BCUT2D eigenvalue weighted by molar-refractivity contribution is 7.12. The number of anilines is 2. The minimum atomic E-state index is -0.0639. The molecule has 1 aliphatic rings.